The van der Waals surface area contributed by atoms with Gasteiger partial charge in [-0.3, -0.25) is 9.69 Å². The second-order valence-corrected chi connectivity index (χ2v) is 5.51. The molecule has 0 unspecified atom stereocenters. The fraction of sp³-hybridized carbons (Fsp3) is 0.250. The Hall–Kier alpha value is -2.80. The third kappa shape index (κ3) is 2.78. The standard InChI is InChI=1S/C16H15N5O2/c22-16-13-9-21(8-12-2-1-5-23-12)4-3-14(13)19-15(20-16)11-6-17-10-18-7-11/h1-2,5-7,10H,3-4,8-9H2,(H,19,20,22). The highest BCUT2D eigenvalue weighted by Gasteiger charge is 2.22. The maximum absolute atomic E-state index is 12.4. The molecule has 0 saturated carbocycles. The van der Waals surface area contributed by atoms with Crippen LogP contribution in [0.5, 0.6) is 0 Å². The van der Waals surface area contributed by atoms with Crippen LogP contribution >= 0.6 is 0 Å². The van der Waals surface area contributed by atoms with Gasteiger partial charge in [-0.05, 0) is 12.1 Å². The van der Waals surface area contributed by atoms with E-state index in [0.29, 0.717) is 24.5 Å². The van der Waals surface area contributed by atoms with Gasteiger partial charge in [-0.15, -0.1) is 0 Å². The summed E-state index contributed by atoms with van der Waals surface area (Å²) in [6.07, 6.45) is 7.14. The molecule has 0 amide bonds. The lowest BCUT2D eigenvalue weighted by Crippen LogP contribution is -2.35. The quantitative estimate of drug-likeness (QED) is 0.786. The van der Waals surface area contributed by atoms with Gasteiger partial charge >= 0.3 is 0 Å². The SMILES string of the molecule is O=c1[nH]c(-c2cncnc2)nc2c1CN(Cc1ccco1)CC2. The van der Waals surface area contributed by atoms with Gasteiger partial charge in [0.15, 0.2) is 0 Å². The highest BCUT2D eigenvalue weighted by molar-refractivity contribution is 5.52. The molecule has 3 aromatic rings. The summed E-state index contributed by atoms with van der Waals surface area (Å²) in [5.41, 5.74) is 2.19. The van der Waals surface area contributed by atoms with Crippen LogP contribution in [0.4, 0.5) is 0 Å². The first-order chi connectivity index (χ1) is 11.3. The van der Waals surface area contributed by atoms with Gasteiger partial charge in [0.1, 0.15) is 17.9 Å². The van der Waals surface area contributed by atoms with Gasteiger partial charge in [0.2, 0.25) is 0 Å². The van der Waals surface area contributed by atoms with Crippen LogP contribution in [0, 0.1) is 0 Å². The summed E-state index contributed by atoms with van der Waals surface area (Å²) in [5.74, 6) is 1.42. The molecule has 1 aliphatic heterocycles. The molecule has 4 rings (SSSR count). The highest BCUT2D eigenvalue weighted by Crippen LogP contribution is 2.19. The molecule has 0 spiro atoms. The van der Waals surface area contributed by atoms with Crippen molar-refractivity contribution in [1.29, 1.82) is 0 Å². The average molecular weight is 309 g/mol. The first-order valence-corrected chi connectivity index (χ1v) is 7.42. The lowest BCUT2D eigenvalue weighted by Gasteiger charge is -2.26. The van der Waals surface area contributed by atoms with Crippen LogP contribution in [-0.4, -0.2) is 31.4 Å². The Balaban J connectivity index is 1.62. The van der Waals surface area contributed by atoms with Crippen molar-refractivity contribution in [3.63, 3.8) is 0 Å². The zero-order valence-electron chi connectivity index (χ0n) is 12.4. The Morgan fingerprint density at radius 3 is 2.96 bits per heavy atom. The van der Waals surface area contributed by atoms with Crippen molar-refractivity contribution in [2.75, 3.05) is 6.54 Å². The summed E-state index contributed by atoms with van der Waals surface area (Å²) in [6.45, 7) is 2.11. The molecule has 23 heavy (non-hydrogen) atoms. The van der Waals surface area contributed by atoms with Crippen LogP contribution in [0.3, 0.4) is 0 Å². The number of H-pyrrole nitrogens is 1. The molecule has 3 aromatic heterocycles. The zero-order valence-corrected chi connectivity index (χ0v) is 12.4. The van der Waals surface area contributed by atoms with Crippen LogP contribution in [0.2, 0.25) is 0 Å². The van der Waals surface area contributed by atoms with Gasteiger partial charge in [0.25, 0.3) is 5.56 Å². The van der Waals surface area contributed by atoms with Gasteiger partial charge in [0.05, 0.1) is 29.6 Å². The number of rotatable bonds is 3. The molecule has 0 aliphatic carbocycles. The molecule has 7 nitrogen and oxygen atoms in total. The van der Waals surface area contributed by atoms with Gasteiger partial charge in [-0.25, -0.2) is 15.0 Å². The predicted molar refractivity (Wildman–Crippen MR) is 82.4 cm³/mol. The third-order valence-electron chi connectivity index (χ3n) is 3.94. The number of hydrogen-bond acceptors (Lipinski definition) is 6. The van der Waals surface area contributed by atoms with Gasteiger partial charge in [0, 0.05) is 31.9 Å². The van der Waals surface area contributed by atoms with Crippen molar-refractivity contribution >= 4 is 0 Å². The van der Waals surface area contributed by atoms with Crippen molar-refractivity contribution in [2.24, 2.45) is 0 Å². The largest absolute Gasteiger partial charge is 0.468 e. The van der Waals surface area contributed by atoms with E-state index in [4.69, 9.17) is 4.42 Å². The minimum Gasteiger partial charge on any atom is -0.468 e. The smallest absolute Gasteiger partial charge is 0.255 e. The van der Waals surface area contributed by atoms with E-state index in [2.05, 4.69) is 24.8 Å². The van der Waals surface area contributed by atoms with Crippen molar-refractivity contribution in [2.45, 2.75) is 19.5 Å². The van der Waals surface area contributed by atoms with Crippen molar-refractivity contribution in [3.05, 3.63) is 64.5 Å². The van der Waals surface area contributed by atoms with Crippen LogP contribution in [0.25, 0.3) is 11.4 Å². The van der Waals surface area contributed by atoms with Crippen LogP contribution < -0.4 is 5.56 Å². The number of furan rings is 1. The van der Waals surface area contributed by atoms with Crippen LogP contribution in [0.15, 0.2) is 46.3 Å². The molecule has 0 saturated heterocycles. The first-order valence-electron chi connectivity index (χ1n) is 7.42. The fourth-order valence-corrected chi connectivity index (χ4v) is 2.80. The molecular weight excluding hydrogens is 294 g/mol. The molecule has 7 heteroatoms. The lowest BCUT2D eigenvalue weighted by atomic mass is 10.1. The van der Waals surface area contributed by atoms with Gasteiger partial charge in [-0.2, -0.15) is 0 Å². The molecule has 4 heterocycles. The number of nitrogens with one attached hydrogen (secondary N) is 1. The summed E-state index contributed by atoms with van der Waals surface area (Å²) >= 11 is 0. The average Bonchev–Trinajstić information content (AvgIpc) is 3.09. The topological polar surface area (TPSA) is 87.9 Å². The minimum absolute atomic E-state index is 0.0991. The maximum atomic E-state index is 12.4. The molecular formula is C16H15N5O2. The number of fused-ring (bicyclic) bond motifs is 1. The minimum atomic E-state index is -0.0991. The normalized spacial score (nSPS) is 14.6. The Morgan fingerprint density at radius 2 is 2.17 bits per heavy atom. The fourth-order valence-electron chi connectivity index (χ4n) is 2.80. The zero-order chi connectivity index (χ0) is 15.6. The first kappa shape index (κ1) is 13.8. The summed E-state index contributed by atoms with van der Waals surface area (Å²) in [7, 11) is 0. The van der Waals surface area contributed by atoms with E-state index in [-0.39, 0.29) is 5.56 Å². The molecule has 0 radical (unpaired) electrons. The summed E-state index contributed by atoms with van der Waals surface area (Å²) in [5, 5.41) is 0. The third-order valence-corrected chi connectivity index (χ3v) is 3.94. The maximum Gasteiger partial charge on any atom is 0.255 e. The Bertz CT molecular complexity index is 858. The molecule has 0 fully saturated rings. The lowest BCUT2D eigenvalue weighted by molar-refractivity contribution is 0.222. The Kier molecular flexibility index (Phi) is 3.47. The van der Waals surface area contributed by atoms with Crippen molar-refractivity contribution in [3.8, 4) is 11.4 Å². The van der Waals surface area contributed by atoms with E-state index in [1.165, 1.54) is 6.33 Å². The predicted octanol–water partition coefficient (Wildman–Crippen LogP) is 1.38. The van der Waals surface area contributed by atoms with Crippen LogP contribution in [-0.2, 0) is 19.5 Å². The monoisotopic (exact) mass is 309 g/mol. The second-order valence-electron chi connectivity index (χ2n) is 5.51. The molecule has 0 atom stereocenters. The van der Waals surface area contributed by atoms with E-state index >= 15 is 0 Å². The van der Waals surface area contributed by atoms with Crippen LogP contribution in [0.1, 0.15) is 17.0 Å². The second kappa shape index (κ2) is 5.77. The number of nitrogens with zero attached hydrogens (tertiary/aromatic N) is 4. The van der Waals surface area contributed by atoms with Gasteiger partial charge in [-0.1, -0.05) is 0 Å². The summed E-state index contributed by atoms with van der Waals surface area (Å²) < 4.78 is 5.37. The van der Waals surface area contributed by atoms with E-state index in [9.17, 15) is 4.79 Å². The molecule has 116 valence electrons. The van der Waals surface area contributed by atoms with Crippen molar-refractivity contribution < 1.29 is 4.42 Å². The highest BCUT2D eigenvalue weighted by atomic mass is 16.3. The van der Waals surface area contributed by atoms with Crippen molar-refractivity contribution in [1.82, 2.24) is 24.8 Å². The summed E-state index contributed by atoms with van der Waals surface area (Å²) in [4.78, 5) is 30.0. The molecule has 0 aromatic carbocycles. The molecule has 1 N–H and O–H groups in total. The number of hydrogen-bond donors (Lipinski definition) is 1. The van der Waals surface area contributed by atoms with Gasteiger partial charge < -0.3 is 9.40 Å². The Morgan fingerprint density at radius 1 is 1.30 bits per heavy atom. The molecule has 1 aliphatic rings. The van der Waals surface area contributed by atoms with E-state index in [1.807, 2.05) is 12.1 Å². The van der Waals surface area contributed by atoms with E-state index in [1.54, 1.807) is 18.7 Å². The molecule has 0 bridgehead atoms. The summed E-state index contributed by atoms with van der Waals surface area (Å²) in [6, 6.07) is 3.81. The van der Waals surface area contributed by atoms with E-state index < -0.39 is 0 Å². The Labute approximate surface area is 132 Å². The van der Waals surface area contributed by atoms with E-state index in [0.717, 1.165) is 30.0 Å². The number of aromatic amines is 1. The number of aromatic nitrogens is 4.